The van der Waals surface area contributed by atoms with Crippen molar-refractivity contribution in [3.05, 3.63) is 47.0 Å². The molecule has 128 valence electrons. The zero-order valence-electron chi connectivity index (χ0n) is 14.3. The van der Waals surface area contributed by atoms with Crippen molar-refractivity contribution in [1.82, 2.24) is 9.78 Å². The number of aliphatic carboxylic acids is 1. The summed E-state index contributed by atoms with van der Waals surface area (Å²) in [4.78, 5) is 11.3. The van der Waals surface area contributed by atoms with Gasteiger partial charge < -0.3 is 5.11 Å². The minimum absolute atomic E-state index is 0.0252. The number of halogens is 1. The normalized spacial score (nSPS) is 17.6. The molecule has 1 N–H and O–H groups in total. The standard InChI is InChI=1S/C19H23FN2O2/c1-19(2,3)18-17-12(10-16(23)24)6-4-9-15(17)22(21-18)14-8-5-7-13(20)11-14/h5,7-8,11-12H,4,6,9-10H2,1-3H3,(H,23,24). The molecule has 0 saturated carbocycles. The van der Waals surface area contributed by atoms with E-state index in [0.29, 0.717) is 5.69 Å². The van der Waals surface area contributed by atoms with E-state index in [0.717, 1.165) is 36.2 Å². The van der Waals surface area contributed by atoms with Crippen molar-refractivity contribution in [2.45, 2.75) is 57.8 Å². The molecule has 1 aliphatic carbocycles. The first-order valence-corrected chi connectivity index (χ1v) is 8.37. The molecule has 1 unspecified atom stereocenters. The molecule has 0 aliphatic heterocycles. The number of carboxylic acid groups (broad SMARTS) is 1. The molecule has 1 aromatic heterocycles. The highest BCUT2D eigenvalue weighted by Crippen LogP contribution is 2.41. The third kappa shape index (κ3) is 3.07. The number of rotatable bonds is 3. The highest BCUT2D eigenvalue weighted by atomic mass is 19.1. The number of nitrogens with zero attached hydrogens (tertiary/aromatic N) is 2. The Morgan fingerprint density at radius 1 is 1.42 bits per heavy atom. The van der Waals surface area contributed by atoms with Crippen LogP contribution >= 0.6 is 0 Å². The zero-order valence-corrected chi connectivity index (χ0v) is 14.3. The average molecular weight is 330 g/mol. The van der Waals surface area contributed by atoms with E-state index in [4.69, 9.17) is 5.10 Å². The highest BCUT2D eigenvalue weighted by Gasteiger charge is 2.34. The lowest BCUT2D eigenvalue weighted by Gasteiger charge is -2.26. The Morgan fingerprint density at radius 2 is 2.17 bits per heavy atom. The number of carboxylic acids is 1. The Labute approximate surface area is 141 Å². The van der Waals surface area contributed by atoms with Crippen LogP contribution in [0.25, 0.3) is 5.69 Å². The third-order valence-electron chi connectivity index (χ3n) is 4.58. The largest absolute Gasteiger partial charge is 0.481 e. The van der Waals surface area contributed by atoms with Gasteiger partial charge in [0.1, 0.15) is 5.82 Å². The van der Waals surface area contributed by atoms with Gasteiger partial charge in [-0.1, -0.05) is 26.8 Å². The summed E-state index contributed by atoms with van der Waals surface area (Å²) in [6.45, 7) is 6.24. The molecular weight excluding hydrogens is 307 g/mol. The van der Waals surface area contributed by atoms with Crippen molar-refractivity contribution in [2.75, 3.05) is 0 Å². The smallest absolute Gasteiger partial charge is 0.303 e. The van der Waals surface area contributed by atoms with Crippen LogP contribution in [0.3, 0.4) is 0 Å². The van der Waals surface area contributed by atoms with Gasteiger partial charge in [0, 0.05) is 16.7 Å². The number of carbonyl (C=O) groups is 1. The second-order valence-electron chi connectivity index (χ2n) is 7.54. The monoisotopic (exact) mass is 330 g/mol. The highest BCUT2D eigenvalue weighted by molar-refractivity contribution is 5.68. The van der Waals surface area contributed by atoms with Crippen molar-refractivity contribution in [2.24, 2.45) is 0 Å². The molecule has 0 radical (unpaired) electrons. The summed E-state index contributed by atoms with van der Waals surface area (Å²) < 4.78 is 15.5. The molecule has 5 heteroatoms. The third-order valence-corrected chi connectivity index (χ3v) is 4.58. The van der Waals surface area contributed by atoms with Gasteiger partial charge in [0.25, 0.3) is 0 Å². The molecule has 1 atom stereocenters. The molecule has 0 bridgehead atoms. The predicted molar refractivity (Wildman–Crippen MR) is 90.2 cm³/mol. The fourth-order valence-corrected chi connectivity index (χ4v) is 3.59. The van der Waals surface area contributed by atoms with Crippen LogP contribution in [0, 0.1) is 5.82 Å². The molecule has 0 fully saturated rings. The van der Waals surface area contributed by atoms with E-state index < -0.39 is 5.97 Å². The van der Waals surface area contributed by atoms with Crippen molar-refractivity contribution in [1.29, 1.82) is 0 Å². The maximum atomic E-state index is 13.7. The van der Waals surface area contributed by atoms with Crippen LogP contribution in [0.5, 0.6) is 0 Å². The zero-order chi connectivity index (χ0) is 17.5. The first-order valence-electron chi connectivity index (χ1n) is 8.37. The van der Waals surface area contributed by atoms with E-state index in [1.54, 1.807) is 6.07 Å². The summed E-state index contributed by atoms with van der Waals surface area (Å²) in [6.07, 6.45) is 2.74. The molecule has 3 rings (SSSR count). The summed E-state index contributed by atoms with van der Waals surface area (Å²) in [5, 5.41) is 14.1. The SMILES string of the molecule is CC(C)(C)c1nn(-c2cccc(F)c2)c2c1C(CC(=O)O)CCC2. The second kappa shape index (κ2) is 6.04. The Kier molecular flexibility index (Phi) is 4.20. The van der Waals surface area contributed by atoms with Gasteiger partial charge in [0.2, 0.25) is 0 Å². The van der Waals surface area contributed by atoms with Crippen LogP contribution in [0.15, 0.2) is 24.3 Å². The lowest BCUT2D eigenvalue weighted by Crippen LogP contribution is -2.20. The molecule has 4 nitrogen and oxygen atoms in total. The van der Waals surface area contributed by atoms with E-state index in [-0.39, 0.29) is 23.6 Å². The van der Waals surface area contributed by atoms with Gasteiger partial charge in [-0.05, 0) is 43.4 Å². The van der Waals surface area contributed by atoms with E-state index in [2.05, 4.69) is 20.8 Å². The van der Waals surface area contributed by atoms with Gasteiger partial charge >= 0.3 is 5.97 Å². The van der Waals surface area contributed by atoms with Gasteiger partial charge in [-0.25, -0.2) is 9.07 Å². The van der Waals surface area contributed by atoms with Gasteiger partial charge in [-0.3, -0.25) is 4.79 Å². The summed E-state index contributed by atoms with van der Waals surface area (Å²) in [7, 11) is 0. The summed E-state index contributed by atoms with van der Waals surface area (Å²) in [5.74, 6) is -1.11. The quantitative estimate of drug-likeness (QED) is 0.917. The summed E-state index contributed by atoms with van der Waals surface area (Å²) >= 11 is 0. The Balaban J connectivity index is 2.19. The molecule has 1 aromatic carbocycles. The lowest BCUT2D eigenvalue weighted by atomic mass is 9.78. The van der Waals surface area contributed by atoms with Crippen LogP contribution in [0.4, 0.5) is 4.39 Å². The van der Waals surface area contributed by atoms with Gasteiger partial charge in [0.05, 0.1) is 17.8 Å². The minimum atomic E-state index is -0.786. The van der Waals surface area contributed by atoms with Crippen molar-refractivity contribution in [3.63, 3.8) is 0 Å². The molecule has 1 aliphatic rings. The van der Waals surface area contributed by atoms with E-state index in [1.165, 1.54) is 12.1 Å². The molecule has 0 spiro atoms. The van der Waals surface area contributed by atoms with Gasteiger partial charge in [-0.2, -0.15) is 5.10 Å². The van der Waals surface area contributed by atoms with Crippen LogP contribution in [-0.2, 0) is 16.6 Å². The van der Waals surface area contributed by atoms with Crippen molar-refractivity contribution >= 4 is 5.97 Å². The first-order chi connectivity index (χ1) is 11.3. The van der Waals surface area contributed by atoms with Crippen molar-refractivity contribution in [3.8, 4) is 5.69 Å². The maximum Gasteiger partial charge on any atom is 0.303 e. The molecular formula is C19H23FN2O2. The second-order valence-corrected chi connectivity index (χ2v) is 7.54. The summed E-state index contributed by atoms with van der Waals surface area (Å²) in [5.41, 5.74) is 3.50. The lowest BCUT2D eigenvalue weighted by molar-refractivity contribution is -0.137. The molecule has 24 heavy (non-hydrogen) atoms. The number of hydrogen-bond donors (Lipinski definition) is 1. The molecule has 0 amide bonds. The van der Waals surface area contributed by atoms with E-state index >= 15 is 0 Å². The predicted octanol–water partition coefficient (Wildman–Crippen LogP) is 4.20. The molecule has 0 saturated heterocycles. The Morgan fingerprint density at radius 3 is 2.79 bits per heavy atom. The number of fused-ring (bicyclic) bond motifs is 1. The van der Waals surface area contributed by atoms with Gasteiger partial charge in [-0.15, -0.1) is 0 Å². The Hall–Kier alpha value is -2.17. The van der Waals surface area contributed by atoms with Crippen LogP contribution < -0.4 is 0 Å². The average Bonchev–Trinajstić information content (AvgIpc) is 2.87. The number of hydrogen-bond acceptors (Lipinski definition) is 2. The van der Waals surface area contributed by atoms with E-state index in [9.17, 15) is 14.3 Å². The Bertz CT molecular complexity index is 774. The van der Waals surface area contributed by atoms with Crippen LogP contribution in [-0.4, -0.2) is 20.9 Å². The van der Waals surface area contributed by atoms with Gasteiger partial charge in [0.15, 0.2) is 0 Å². The van der Waals surface area contributed by atoms with Crippen LogP contribution in [0.1, 0.15) is 62.9 Å². The fraction of sp³-hybridized carbons (Fsp3) is 0.474. The maximum absolute atomic E-state index is 13.7. The topological polar surface area (TPSA) is 55.1 Å². The minimum Gasteiger partial charge on any atom is -0.481 e. The summed E-state index contributed by atoms with van der Waals surface area (Å²) in [6, 6.07) is 6.40. The number of benzene rings is 1. The van der Waals surface area contributed by atoms with Crippen molar-refractivity contribution < 1.29 is 14.3 Å². The number of aromatic nitrogens is 2. The first kappa shape index (κ1) is 16.7. The fourth-order valence-electron chi connectivity index (χ4n) is 3.59. The molecule has 2 aromatic rings. The van der Waals surface area contributed by atoms with E-state index in [1.807, 2.05) is 10.7 Å². The van der Waals surface area contributed by atoms with Crippen LogP contribution in [0.2, 0.25) is 0 Å². The molecule has 1 heterocycles.